The number of fused-ring (bicyclic) bond motifs is 5. The van der Waals surface area contributed by atoms with Crippen LogP contribution in [0.2, 0.25) is 0 Å². The van der Waals surface area contributed by atoms with Crippen LogP contribution in [0.3, 0.4) is 0 Å². The van der Waals surface area contributed by atoms with Gasteiger partial charge in [0.2, 0.25) is 0 Å². The predicted octanol–water partition coefficient (Wildman–Crippen LogP) is 0.705. The van der Waals surface area contributed by atoms with Crippen LogP contribution in [0.15, 0.2) is 0 Å². The topological polar surface area (TPSA) is 49.3 Å². The SMILES string of the molecule is O=C(O)C1NCC2C3CCC(C3)C12. The van der Waals surface area contributed by atoms with E-state index in [2.05, 4.69) is 5.32 Å². The van der Waals surface area contributed by atoms with Crippen LogP contribution in [0.25, 0.3) is 0 Å². The summed E-state index contributed by atoms with van der Waals surface area (Å²) in [5.74, 6) is 2.05. The van der Waals surface area contributed by atoms with Crippen molar-refractivity contribution in [1.82, 2.24) is 5.32 Å². The van der Waals surface area contributed by atoms with Crippen LogP contribution in [0.1, 0.15) is 19.3 Å². The van der Waals surface area contributed by atoms with Crippen LogP contribution in [0.5, 0.6) is 0 Å². The van der Waals surface area contributed by atoms with E-state index in [1.54, 1.807) is 0 Å². The molecule has 3 rings (SSSR count). The van der Waals surface area contributed by atoms with Crippen molar-refractivity contribution in [2.45, 2.75) is 25.3 Å². The van der Waals surface area contributed by atoms with Crippen LogP contribution >= 0.6 is 0 Å². The van der Waals surface area contributed by atoms with Crippen LogP contribution in [0.4, 0.5) is 0 Å². The van der Waals surface area contributed by atoms with Gasteiger partial charge in [0.1, 0.15) is 6.04 Å². The molecule has 1 aliphatic heterocycles. The largest absolute Gasteiger partial charge is 0.480 e. The summed E-state index contributed by atoms with van der Waals surface area (Å²) in [6.45, 7) is 0.947. The molecule has 0 aromatic rings. The third kappa shape index (κ3) is 0.909. The van der Waals surface area contributed by atoms with Crippen molar-refractivity contribution in [3.63, 3.8) is 0 Å². The molecule has 3 nitrogen and oxygen atoms in total. The molecule has 2 N–H and O–H groups in total. The summed E-state index contributed by atoms with van der Waals surface area (Å²) in [5, 5.41) is 12.2. The van der Waals surface area contributed by atoms with E-state index in [9.17, 15) is 4.79 Å². The van der Waals surface area contributed by atoms with E-state index in [-0.39, 0.29) is 6.04 Å². The number of carbonyl (C=O) groups is 1. The highest BCUT2D eigenvalue weighted by molar-refractivity contribution is 5.74. The van der Waals surface area contributed by atoms with Gasteiger partial charge in [-0.25, -0.2) is 0 Å². The predicted molar refractivity (Wildman–Crippen MR) is 47.2 cm³/mol. The van der Waals surface area contributed by atoms with Crippen molar-refractivity contribution in [2.75, 3.05) is 6.54 Å². The first-order valence-corrected chi connectivity index (χ1v) is 5.23. The van der Waals surface area contributed by atoms with E-state index in [0.717, 1.165) is 12.5 Å². The monoisotopic (exact) mass is 181 g/mol. The van der Waals surface area contributed by atoms with Crippen LogP contribution in [0, 0.1) is 23.7 Å². The van der Waals surface area contributed by atoms with E-state index in [1.807, 2.05) is 0 Å². The Hall–Kier alpha value is -0.570. The lowest BCUT2D eigenvalue weighted by Crippen LogP contribution is -2.38. The summed E-state index contributed by atoms with van der Waals surface area (Å²) < 4.78 is 0. The van der Waals surface area contributed by atoms with Gasteiger partial charge in [-0.05, 0) is 49.5 Å². The van der Waals surface area contributed by atoms with Gasteiger partial charge < -0.3 is 10.4 Å². The standard InChI is InChI=1S/C10H15NO2/c12-10(13)9-8-6-2-1-5(3-6)7(8)4-11-9/h5-9,11H,1-4H2,(H,12,13). The second-order valence-corrected chi connectivity index (χ2v) is 4.80. The molecule has 3 heteroatoms. The fourth-order valence-electron chi connectivity index (χ4n) is 3.93. The molecule has 3 fully saturated rings. The van der Waals surface area contributed by atoms with Crippen molar-refractivity contribution >= 4 is 5.97 Å². The molecule has 13 heavy (non-hydrogen) atoms. The number of aliphatic carboxylic acids is 1. The lowest BCUT2D eigenvalue weighted by molar-refractivity contribution is -0.140. The normalized spacial score (nSPS) is 52.5. The summed E-state index contributed by atoms with van der Waals surface area (Å²) in [7, 11) is 0. The summed E-state index contributed by atoms with van der Waals surface area (Å²) in [6, 6.07) is -0.236. The summed E-state index contributed by atoms with van der Waals surface area (Å²) in [4.78, 5) is 11.0. The van der Waals surface area contributed by atoms with Gasteiger partial charge in [0.05, 0.1) is 0 Å². The maximum Gasteiger partial charge on any atom is 0.321 e. The zero-order valence-electron chi connectivity index (χ0n) is 7.57. The highest BCUT2D eigenvalue weighted by atomic mass is 16.4. The molecule has 3 aliphatic rings. The Balaban J connectivity index is 1.87. The van der Waals surface area contributed by atoms with Crippen molar-refractivity contribution in [3.05, 3.63) is 0 Å². The molecule has 0 spiro atoms. The number of rotatable bonds is 1. The van der Waals surface area contributed by atoms with E-state index in [4.69, 9.17) is 5.11 Å². The molecular weight excluding hydrogens is 166 g/mol. The molecule has 2 saturated carbocycles. The summed E-state index contributed by atoms with van der Waals surface area (Å²) in [5.41, 5.74) is 0. The average molecular weight is 181 g/mol. The van der Waals surface area contributed by atoms with Gasteiger partial charge in [0, 0.05) is 0 Å². The zero-order valence-corrected chi connectivity index (χ0v) is 7.57. The number of hydrogen-bond acceptors (Lipinski definition) is 2. The summed E-state index contributed by atoms with van der Waals surface area (Å²) in [6.07, 6.45) is 3.93. The van der Waals surface area contributed by atoms with Crippen molar-refractivity contribution in [2.24, 2.45) is 23.7 Å². The number of carboxylic acids is 1. The molecule has 0 radical (unpaired) electrons. The van der Waals surface area contributed by atoms with Crippen molar-refractivity contribution < 1.29 is 9.90 Å². The minimum absolute atomic E-state index is 0.236. The fourth-order valence-corrected chi connectivity index (χ4v) is 3.93. The van der Waals surface area contributed by atoms with Gasteiger partial charge in [-0.3, -0.25) is 4.79 Å². The van der Waals surface area contributed by atoms with E-state index in [1.165, 1.54) is 19.3 Å². The highest BCUT2D eigenvalue weighted by Gasteiger charge is 2.55. The van der Waals surface area contributed by atoms with Gasteiger partial charge in [-0.2, -0.15) is 0 Å². The molecule has 5 unspecified atom stereocenters. The molecule has 2 bridgehead atoms. The highest BCUT2D eigenvalue weighted by Crippen LogP contribution is 2.55. The number of nitrogens with one attached hydrogen (secondary N) is 1. The molecular formula is C10H15NO2. The smallest absolute Gasteiger partial charge is 0.321 e. The quantitative estimate of drug-likeness (QED) is 0.626. The van der Waals surface area contributed by atoms with E-state index in [0.29, 0.717) is 17.8 Å². The first-order valence-electron chi connectivity index (χ1n) is 5.23. The maximum absolute atomic E-state index is 11.0. The Labute approximate surface area is 77.5 Å². The van der Waals surface area contributed by atoms with Gasteiger partial charge in [-0.1, -0.05) is 0 Å². The fraction of sp³-hybridized carbons (Fsp3) is 0.900. The molecule has 0 aromatic carbocycles. The third-order valence-electron chi connectivity index (χ3n) is 4.38. The van der Waals surface area contributed by atoms with E-state index >= 15 is 0 Å². The first kappa shape index (κ1) is 7.80. The zero-order chi connectivity index (χ0) is 9.00. The van der Waals surface area contributed by atoms with Gasteiger partial charge >= 0.3 is 5.97 Å². The molecule has 0 aromatic heterocycles. The van der Waals surface area contributed by atoms with Crippen molar-refractivity contribution in [3.8, 4) is 0 Å². The maximum atomic E-state index is 11.0. The summed E-state index contributed by atoms with van der Waals surface area (Å²) >= 11 is 0. The Bertz CT molecular complexity index is 253. The molecule has 2 aliphatic carbocycles. The average Bonchev–Trinajstić information content (AvgIpc) is 2.76. The molecule has 1 heterocycles. The molecule has 72 valence electrons. The van der Waals surface area contributed by atoms with Gasteiger partial charge in [0.15, 0.2) is 0 Å². The van der Waals surface area contributed by atoms with Gasteiger partial charge in [0.25, 0.3) is 0 Å². The Morgan fingerprint density at radius 2 is 2.08 bits per heavy atom. The second kappa shape index (κ2) is 2.47. The Kier molecular flexibility index (Phi) is 1.48. The number of carboxylic acid groups (broad SMARTS) is 1. The molecule has 0 amide bonds. The van der Waals surface area contributed by atoms with E-state index < -0.39 is 5.97 Å². The molecule has 1 saturated heterocycles. The third-order valence-corrected chi connectivity index (χ3v) is 4.38. The van der Waals surface area contributed by atoms with Crippen LogP contribution in [-0.4, -0.2) is 23.7 Å². The first-order chi connectivity index (χ1) is 6.27. The molecule has 5 atom stereocenters. The van der Waals surface area contributed by atoms with Crippen LogP contribution in [-0.2, 0) is 4.79 Å². The van der Waals surface area contributed by atoms with Crippen LogP contribution < -0.4 is 5.32 Å². The Morgan fingerprint density at radius 3 is 2.85 bits per heavy atom. The van der Waals surface area contributed by atoms with Gasteiger partial charge in [-0.15, -0.1) is 0 Å². The minimum Gasteiger partial charge on any atom is -0.480 e. The lowest BCUT2D eigenvalue weighted by Gasteiger charge is -2.25. The lowest BCUT2D eigenvalue weighted by atomic mass is 9.78. The van der Waals surface area contributed by atoms with Crippen molar-refractivity contribution in [1.29, 1.82) is 0 Å². The number of hydrogen-bond donors (Lipinski definition) is 2. The Morgan fingerprint density at radius 1 is 1.31 bits per heavy atom. The minimum atomic E-state index is -0.639. The second-order valence-electron chi connectivity index (χ2n) is 4.80.